The quantitative estimate of drug-likeness (QED) is 0.748. The second kappa shape index (κ2) is 9.66. The maximum atomic E-state index is 12.6. The molecule has 26 heavy (non-hydrogen) atoms. The van der Waals surface area contributed by atoms with Crippen molar-refractivity contribution in [2.24, 2.45) is 0 Å². The Hall–Kier alpha value is -1.19. The van der Waals surface area contributed by atoms with Crippen LogP contribution in [0.2, 0.25) is 0 Å². The molecule has 1 fully saturated rings. The molecule has 1 heterocycles. The van der Waals surface area contributed by atoms with Crippen LogP contribution in [0, 0.1) is 0 Å². The highest BCUT2D eigenvalue weighted by Gasteiger charge is 2.27. The summed E-state index contributed by atoms with van der Waals surface area (Å²) in [6.45, 7) is 3.61. The fourth-order valence-electron chi connectivity index (χ4n) is 2.95. The molecule has 0 aromatic heterocycles. The number of anilines is 1. The molecule has 2 unspecified atom stereocenters. The van der Waals surface area contributed by atoms with Crippen LogP contribution in [-0.2, 0) is 14.8 Å². The lowest BCUT2D eigenvalue weighted by Crippen LogP contribution is -2.51. The van der Waals surface area contributed by atoms with E-state index in [9.17, 15) is 13.2 Å². The molecule has 2 N–H and O–H groups in total. The Labute approximate surface area is 162 Å². The predicted octanol–water partition coefficient (Wildman–Crippen LogP) is 1.37. The molecule has 0 spiro atoms. The second-order valence-electron chi connectivity index (χ2n) is 6.60. The number of likely N-dealkylation sites (tertiary alicyclic amines) is 1. The molecule has 0 bridgehead atoms. The van der Waals surface area contributed by atoms with Gasteiger partial charge in [0.2, 0.25) is 15.9 Å². The Balaban J connectivity index is 0.00000338. The van der Waals surface area contributed by atoms with Gasteiger partial charge in [-0.2, -0.15) is 0 Å². The zero-order valence-corrected chi connectivity index (χ0v) is 17.4. The molecule has 2 rings (SSSR count). The van der Waals surface area contributed by atoms with Crippen molar-refractivity contribution in [3.05, 3.63) is 24.3 Å². The summed E-state index contributed by atoms with van der Waals surface area (Å²) in [6, 6.07) is 6.48. The van der Waals surface area contributed by atoms with Crippen molar-refractivity contribution in [2.75, 3.05) is 39.5 Å². The van der Waals surface area contributed by atoms with E-state index in [0.29, 0.717) is 11.7 Å². The van der Waals surface area contributed by atoms with E-state index in [1.807, 2.05) is 14.0 Å². The Morgan fingerprint density at radius 1 is 1.35 bits per heavy atom. The normalized spacial score (nSPS) is 19.7. The lowest BCUT2D eigenvalue weighted by atomic mass is 10.0. The number of halogens is 1. The van der Waals surface area contributed by atoms with E-state index in [4.69, 9.17) is 0 Å². The van der Waals surface area contributed by atoms with E-state index >= 15 is 0 Å². The van der Waals surface area contributed by atoms with Crippen molar-refractivity contribution in [3.8, 4) is 0 Å². The van der Waals surface area contributed by atoms with Crippen molar-refractivity contribution < 1.29 is 13.2 Å². The van der Waals surface area contributed by atoms with Gasteiger partial charge in [0.15, 0.2) is 0 Å². The van der Waals surface area contributed by atoms with Crippen LogP contribution in [0.25, 0.3) is 0 Å². The molecule has 1 saturated heterocycles. The van der Waals surface area contributed by atoms with Crippen LogP contribution in [0.5, 0.6) is 0 Å². The molecule has 2 atom stereocenters. The van der Waals surface area contributed by atoms with Gasteiger partial charge >= 0.3 is 0 Å². The van der Waals surface area contributed by atoms with Gasteiger partial charge in [-0.15, -0.1) is 12.4 Å². The molecule has 0 saturated carbocycles. The molecule has 1 aromatic carbocycles. The molecule has 0 radical (unpaired) electrons. The number of hydrogen-bond acceptors (Lipinski definition) is 5. The van der Waals surface area contributed by atoms with Gasteiger partial charge in [-0.1, -0.05) is 6.07 Å². The minimum atomic E-state index is -3.52. The van der Waals surface area contributed by atoms with E-state index in [1.165, 1.54) is 26.2 Å². The summed E-state index contributed by atoms with van der Waals surface area (Å²) in [5, 5.41) is 6.11. The Morgan fingerprint density at radius 2 is 2.04 bits per heavy atom. The molecule has 148 valence electrons. The molecule has 1 aliphatic rings. The molecule has 1 aliphatic heterocycles. The molecule has 1 amide bonds. The van der Waals surface area contributed by atoms with Gasteiger partial charge in [0, 0.05) is 32.4 Å². The Bertz CT molecular complexity index is 712. The summed E-state index contributed by atoms with van der Waals surface area (Å²) in [5.41, 5.74) is 0.488. The van der Waals surface area contributed by atoms with E-state index in [0.717, 1.165) is 30.2 Å². The fraction of sp³-hybridized carbons (Fsp3) is 0.588. The highest BCUT2D eigenvalue weighted by molar-refractivity contribution is 7.89. The maximum absolute atomic E-state index is 12.6. The van der Waals surface area contributed by atoms with E-state index in [-0.39, 0.29) is 29.3 Å². The standard InChI is InChI=1S/C17H28N4O3S.ClH/c1-13(21-10-6-8-15(12-21)18-2)17(22)19-14-7-5-9-16(11-14)25(23,24)20(3)4;/h5,7,9,11,13,15,18H,6,8,10,12H2,1-4H3,(H,19,22);1H. The highest BCUT2D eigenvalue weighted by Crippen LogP contribution is 2.19. The third-order valence-corrected chi connectivity index (χ3v) is 6.48. The van der Waals surface area contributed by atoms with Crippen LogP contribution < -0.4 is 10.6 Å². The summed E-state index contributed by atoms with van der Waals surface area (Å²) in [6.07, 6.45) is 2.17. The topological polar surface area (TPSA) is 81.8 Å². The number of benzene rings is 1. The summed E-state index contributed by atoms with van der Waals surface area (Å²) in [7, 11) is 1.38. The first kappa shape index (κ1) is 22.9. The zero-order chi connectivity index (χ0) is 18.6. The summed E-state index contributed by atoms with van der Waals surface area (Å²) in [4.78, 5) is 14.9. The molecule has 7 nitrogen and oxygen atoms in total. The van der Waals surface area contributed by atoms with Crippen LogP contribution in [0.3, 0.4) is 0 Å². The number of rotatable bonds is 6. The third kappa shape index (κ3) is 5.40. The minimum Gasteiger partial charge on any atom is -0.325 e. The number of likely N-dealkylation sites (N-methyl/N-ethyl adjacent to an activating group) is 1. The van der Waals surface area contributed by atoms with Gasteiger partial charge in [0.05, 0.1) is 10.9 Å². The number of piperidine rings is 1. The number of carbonyl (C=O) groups is 1. The molecular formula is C17H29ClN4O3S. The van der Waals surface area contributed by atoms with Crippen molar-refractivity contribution in [1.82, 2.24) is 14.5 Å². The number of nitrogens with one attached hydrogen (secondary N) is 2. The van der Waals surface area contributed by atoms with E-state index in [2.05, 4.69) is 15.5 Å². The second-order valence-corrected chi connectivity index (χ2v) is 8.76. The molecular weight excluding hydrogens is 376 g/mol. The van der Waals surface area contributed by atoms with Crippen molar-refractivity contribution in [1.29, 1.82) is 0 Å². The number of amides is 1. The summed E-state index contributed by atoms with van der Waals surface area (Å²) in [5.74, 6) is -0.129. The van der Waals surface area contributed by atoms with Crippen LogP contribution in [0.4, 0.5) is 5.69 Å². The van der Waals surface area contributed by atoms with Crippen molar-refractivity contribution >= 4 is 34.0 Å². The molecule has 0 aliphatic carbocycles. The monoisotopic (exact) mass is 404 g/mol. The summed E-state index contributed by atoms with van der Waals surface area (Å²) >= 11 is 0. The van der Waals surface area contributed by atoms with Gasteiger partial charge in [0.1, 0.15) is 0 Å². The first-order chi connectivity index (χ1) is 11.8. The number of sulfonamides is 1. The third-order valence-electron chi connectivity index (χ3n) is 4.67. The predicted molar refractivity (Wildman–Crippen MR) is 106 cm³/mol. The Kier molecular flexibility index (Phi) is 8.49. The first-order valence-electron chi connectivity index (χ1n) is 8.50. The minimum absolute atomic E-state index is 0. The molecule has 9 heteroatoms. The lowest BCUT2D eigenvalue weighted by Gasteiger charge is -2.35. The number of nitrogens with zero attached hydrogens (tertiary/aromatic N) is 2. The van der Waals surface area contributed by atoms with Crippen LogP contribution in [-0.4, -0.2) is 69.8 Å². The largest absolute Gasteiger partial charge is 0.325 e. The number of carbonyl (C=O) groups excluding carboxylic acids is 1. The van der Waals surface area contributed by atoms with Gasteiger partial charge < -0.3 is 10.6 Å². The van der Waals surface area contributed by atoms with Crippen molar-refractivity contribution in [3.63, 3.8) is 0 Å². The van der Waals surface area contributed by atoms with Crippen LogP contribution >= 0.6 is 12.4 Å². The SMILES string of the molecule is CNC1CCCN(C(C)C(=O)Nc2cccc(S(=O)(=O)N(C)C)c2)C1.Cl. The van der Waals surface area contributed by atoms with Gasteiger partial charge in [-0.05, 0) is 51.6 Å². The highest BCUT2D eigenvalue weighted by atomic mass is 35.5. The zero-order valence-electron chi connectivity index (χ0n) is 15.7. The van der Waals surface area contributed by atoms with Crippen LogP contribution in [0.15, 0.2) is 29.2 Å². The average Bonchev–Trinajstić information content (AvgIpc) is 2.61. The average molecular weight is 405 g/mol. The first-order valence-corrected chi connectivity index (χ1v) is 9.94. The number of hydrogen-bond donors (Lipinski definition) is 2. The lowest BCUT2D eigenvalue weighted by molar-refractivity contribution is -0.121. The van der Waals surface area contributed by atoms with Gasteiger partial charge in [-0.25, -0.2) is 12.7 Å². The van der Waals surface area contributed by atoms with Gasteiger partial charge in [0.25, 0.3) is 0 Å². The molecule has 1 aromatic rings. The van der Waals surface area contributed by atoms with Gasteiger partial charge in [-0.3, -0.25) is 9.69 Å². The van der Waals surface area contributed by atoms with E-state index in [1.54, 1.807) is 12.1 Å². The smallest absolute Gasteiger partial charge is 0.242 e. The fourth-order valence-corrected chi connectivity index (χ4v) is 3.90. The van der Waals surface area contributed by atoms with E-state index < -0.39 is 10.0 Å². The van der Waals surface area contributed by atoms with Crippen molar-refractivity contribution in [2.45, 2.75) is 36.7 Å². The van der Waals surface area contributed by atoms with Crippen LogP contribution in [0.1, 0.15) is 19.8 Å². The summed E-state index contributed by atoms with van der Waals surface area (Å²) < 4.78 is 25.6. The Morgan fingerprint density at radius 3 is 2.65 bits per heavy atom. The maximum Gasteiger partial charge on any atom is 0.242 e.